The molecule has 0 atom stereocenters. The van der Waals surface area contributed by atoms with Crippen LogP contribution in [0.2, 0.25) is 0 Å². The summed E-state index contributed by atoms with van der Waals surface area (Å²) in [6, 6.07) is 0. The Hall–Kier alpha value is -1.32. The monoisotopic (exact) mass is 140 g/mol. The van der Waals surface area contributed by atoms with Crippen molar-refractivity contribution in [1.82, 2.24) is 9.88 Å². The van der Waals surface area contributed by atoms with Gasteiger partial charge in [-0.15, -0.1) is 0 Å². The van der Waals surface area contributed by atoms with Crippen molar-refractivity contribution in [1.29, 1.82) is 0 Å². The molecular weight excluding hydrogens is 132 g/mol. The van der Waals surface area contributed by atoms with E-state index in [1.807, 2.05) is 0 Å². The molecule has 10 heavy (non-hydrogen) atoms. The van der Waals surface area contributed by atoms with Crippen molar-refractivity contribution in [2.24, 2.45) is 0 Å². The van der Waals surface area contributed by atoms with Crippen molar-refractivity contribution in [2.45, 2.75) is 0 Å². The molecule has 4 heteroatoms. The van der Waals surface area contributed by atoms with E-state index in [-0.39, 0.29) is 11.8 Å². The third-order valence-corrected chi connectivity index (χ3v) is 1.02. The smallest absolute Gasteiger partial charge is 0.309 e. The van der Waals surface area contributed by atoms with E-state index in [0.29, 0.717) is 0 Å². The summed E-state index contributed by atoms with van der Waals surface area (Å²) < 4.78 is 4.75. The highest BCUT2D eigenvalue weighted by Gasteiger charge is 2.11. The van der Waals surface area contributed by atoms with Gasteiger partial charge in [-0.25, -0.2) is 4.98 Å². The van der Waals surface area contributed by atoms with Gasteiger partial charge in [0.2, 0.25) is 0 Å². The Labute approximate surface area is 58.5 Å². The number of oxazole rings is 1. The zero-order chi connectivity index (χ0) is 7.56. The molecule has 0 aliphatic carbocycles. The third kappa shape index (κ3) is 1.15. The van der Waals surface area contributed by atoms with Gasteiger partial charge >= 0.3 is 5.91 Å². The fraction of sp³-hybridized carbons (Fsp3) is 0.333. The first kappa shape index (κ1) is 6.80. The van der Waals surface area contributed by atoms with Crippen LogP contribution in [-0.4, -0.2) is 29.9 Å². The number of nitrogens with zero attached hydrogens (tertiary/aromatic N) is 2. The van der Waals surface area contributed by atoms with Crippen molar-refractivity contribution in [3.8, 4) is 0 Å². The fourth-order valence-corrected chi connectivity index (χ4v) is 0.520. The standard InChI is InChI=1S/C6H8N2O2/c1-8(2)6(9)5-7-3-4-10-5/h3-4H,1-2H3. The maximum atomic E-state index is 11.0. The van der Waals surface area contributed by atoms with E-state index in [4.69, 9.17) is 4.42 Å². The Morgan fingerprint density at radius 3 is 2.80 bits per heavy atom. The van der Waals surface area contributed by atoms with Crippen LogP contribution in [0.4, 0.5) is 0 Å². The Balaban J connectivity index is 2.78. The molecule has 1 heterocycles. The first-order valence-corrected chi connectivity index (χ1v) is 2.83. The van der Waals surface area contributed by atoms with Crippen LogP contribution >= 0.6 is 0 Å². The highest BCUT2D eigenvalue weighted by atomic mass is 16.3. The molecule has 0 aliphatic heterocycles. The molecule has 0 aliphatic rings. The number of carbonyl (C=O) groups is 1. The fourth-order valence-electron chi connectivity index (χ4n) is 0.520. The minimum Gasteiger partial charge on any atom is -0.441 e. The molecule has 0 radical (unpaired) electrons. The van der Waals surface area contributed by atoms with E-state index >= 15 is 0 Å². The lowest BCUT2D eigenvalue weighted by Crippen LogP contribution is -2.21. The molecule has 0 unspecified atom stereocenters. The number of aromatic nitrogens is 1. The normalized spacial score (nSPS) is 9.40. The van der Waals surface area contributed by atoms with Crippen molar-refractivity contribution in [3.05, 3.63) is 18.4 Å². The van der Waals surface area contributed by atoms with Crippen LogP contribution < -0.4 is 0 Å². The molecule has 0 saturated carbocycles. The van der Waals surface area contributed by atoms with E-state index in [1.165, 1.54) is 17.4 Å². The van der Waals surface area contributed by atoms with Gasteiger partial charge in [-0.3, -0.25) is 4.79 Å². The van der Waals surface area contributed by atoms with Crippen molar-refractivity contribution in [3.63, 3.8) is 0 Å². The van der Waals surface area contributed by atoms with E-state index in [2.05, 4.69) is 4.98 Å². The van der Waals surface area contributed by atoms with Gasteiger partial charge in [-0.2, -0.15) is 0 Å². The molecule has 4 nitrogen and oxygen atoms in total. The van der Waals surface area contributed by atoms with Gasteiger partial charge in [0.25, 0.3) is 5.89 Å². The summed E-state index contributed by atoms with van der Waals surface area (Å²) in [5.41, 5.74) is 0. The molecule has 1 aromatic heterocycles. The Morgan fingerprint density at radius 1 is 1.70 bits per heavy atom. The molecule has 0 N–H and O–H groups in total. The first-order chi connectivity index (χ1) is 4.72. The second kappa shape index (κ2) is 2.51. The Kier molecular flexibility index (Phi) is 1.71. The molecule has 54 valence electrons. The number of rotatable bonds is 1. The lowest BCUT2D eigenvalue weighted by molar-refractivity contribution is 0.0789. The molecular formula is C6H8N2O2. The average molecular weight is 140 g/mol. The summed E-state index contributed by atoms with van der Waals surface area (Å²) in [4.78, 5) is 16.1. The van der Waals surface area contributed by atoms with Gasteiger partial charge in [0.1, 0.15) is 6.26 Å². The van der Waals surface area contributed by atoms with E-state index in [0.717, 1.165) is 0 Å². The number of hydrogen-bond acceptors (Lipinski definition) is 3. The molecule has 0 fully saturated rings. The van der Waals surface area contributed by atoms with Crippen molar-refractivity contribution in [2.75, 3.05) is 14.1 Å². The van der Waals surface area contributed by atoms with Gasteiger partial charge in [0.05, 0.1) is 6.20 Å². The Morgan fingerprint density at radius 2 is 2.40 bits per heavy atom. The van der Waals surface area contributed by atoms with Crippen LogP contribution in [0.25, 0.3) is 0 Å². The van der Waals surface area contributed by atoms with E-state index in [1.54, 1.807) is 14.1 Å². The van der Waals surface area contributed by atoms with Gasteiger partial charge in [0.15, 0.2) is 0 Å². The second-order valence-electron chi connectivity index (χ2n) is 2.04. The predicted octanol–water partition coefficient (Wildman–Crippen LogP) is 0.376. The topological polar surface area (TPSA) is 46.3 Å². The first-order valence-electron chi connectivity index (χ1n) is 2.83. The molecule has 0 aromatic carbocycles. The highest BCUT2D eigenvalue weighted by Crippen LogP contribution is 1.96. The zero-order valence-electron chi connectivity index (χ0n) is 5.87. The number of amides is 1. The summed E-state index contributed by atoms with van der Waals surface area (Å²) in [6.07, 6.45) is 2.81. The number of carbonyl (C=O) groups excluding carboxylic acids is 1. The zero-order valence-corrected chi connectivity index (χ0v) is 5.87. The summed E-state index contributed by atoms with van der Waals surface area (Å²) in [7, 11) is 3.29. The molecule has 1 aromatic rings. The van der Waals surface area contributed by atoms with Crippen LogP contribution in [0.1, 0.15) is 10.7 Å². The molecule has 0 spiro atoms. The van der Waals surface area contributed by atoms with Gasteiger partial charge in [0, 0.05) is 14.1 Å². The highest BCUT2D eigenvalue weighted by molar-refractivity contribution is 5.89. The van der Waals surface area contributed by atoms with E-state index in [9.17, 15) is 4.79 Å². The maximum absolute atomic E-state index is 11.0. The summed E-state index contributed by atoms with van der Waals surface area (Å²) in [5, 5.41) is 0. The number of hydrogen-bond donors (Lipinski definition) is 0. The minimum atomic E-state index is -0.218. The summed E-state index contributed by atoms with van der Waals surface area (Å²) in [5.74, 6) is -0.0880. The molecule has 1 amide bonds. The van der Waals surface area contributed by atoms with Crippen LogP contribution in [0.5, 0.6) is 0 Å². The quantitative estimate of drug-likeness (QED) is 0.566. The maximum Gasteiger partial charge on any atom is 0.309 e. The predicted molar refractivity (Wildman–Crippen MR) is 34.5 cm³/mol. The SMILES string of the molecule is CN(C)C(=O)c1ncco1. The van der Waals surface area contributed by atoms with E-state index < -0.39 is 0 Å². The van der Waals surface area contributed by atoms with Gasteiger partial charge in [-0.1, -0.05) is 0 Å². The van der Waals surface area contributed by atoms with Crippen molar-refractivity contribution >= 4 is 5.91 Å². The summed E-state index contributed by atoms with van der Waals surface area (Å²) in [6.45, 7) is 0. The molecule has 1 rings (SSSR count). The van der Waals surface area contributed by atoms with Crippen molar-refractivity contribution < 1.29 is 9.21 Å². The van der Waals surface area contributed by atoms with Crippen LogP contribution in [0.3, 0.4) is 0 Å². The van der Waals surface area contributed by atoms with Gasteiger partial charge < -0.3 is 9.32 Å². The third-order valence-electron chi connectivity index (χ3n) is 1.02. The minimum absolute atomic E-state index is 0.130. The largest absolute Gasteiger partial charge is 0.441 e. The second-order valence-corrected chi connectivity index (χ2v) is 2.04. The van der Waals surface area contributed by atoms with Crippen LogP contribution in [0.15, 0.2) is 16.9 Å². The summed E-state index contributed by atoms with van der Waals surface area (Å²) >= 11 is 0. The molecule has 0 saturated heterocycles. The van der Waals surface area contributed by atoms with Gasteiger partial charge in [-0.05, 0) is 0 Å². The molecule has 0 bridgehead atoms. The lowest BCUT2D eigenvalue weighted by Gasteiger charge is -2.04. The van der Waals surface area contributed by atoms with Crippen LogP contribution in [0, 0.1) is 0 Å². The Bertz CT molecular complexity index is 216. The lowest BCUT2D eigenvalue weighted by atomic mass is 10.5. The van der Waals surface area contributed by atoms with Crippen LogP contribution in [-0.2, 0) is 0 Å². The average Bonchev–Trinajstić information content (AvgIpc) is 2.36.